The number of rotatable bonds is 20. The normalized spacial score (nSPS) is 12.4. The van der Waals surface area contributed by atoms with Crippen LogP contribution in [0.2, 0.25) is 0 Å². The summed E-state index contributed by atoms with van der Waals surface area (Å²) in [6.07, 6.45) is 35.0. The van der Waals surface area contributed by atoms with E-state index in [1.54, 1.807) is 0 Å². The molecule has 2 N–H and O–H groups in total. The molecular formula is C42H58N4. The van der Waals surface area contributed by atoms with E-state index in [1.165, 1.54) is 132 Å². The van der Waals surface area contributed by atoms with Gasteiger partial charge in [0.15, 0.2) is 0 Å². The Morgan fingerprint density at radius 1 is 0.435 bits per heavy atom. The van der Waals surface area contributed by atoms with Gasteiger partial charge in [-0.1, -0.05) is 117 Å². The van der Waals surface area contributed by atoms with Crippen molar-refractivity contribution in [3.63, 3.8) is 0 Å². The molecular weight excluding hydrogens is 560 g/mol. The first kappa shape index (κ1) is 33.9. The smallest absolute Gasteiger partial charge is 0.0691 e. The van der Waals surface area contributed by atoms with Crippen LogP contribution in [0.25, 0.3) is 46.4 Å². The fourth-order valence-corrected chi connectivity index (χ4v) is 6.93. The molecule has 5 rings (SSSR count). The Labute approximate surface area is 278 Å². The van der Waals surface area contributed by atoms with E-state index < -0.39 is 0 Å². The fraction of sp³-hybridized carbons (Fsp3) is 0.524. The summed E-state index contributed by atoms with van der Waals surface area (Å²) in [5.74, 6) is 0. The second-order valence-corrected chi connectivity index (χ2v) is 13.6. The van der Waals surface area contributed by atoms with Crippen LogP contribution in [0, 0.1) is 0 Å². The molecule has 0 saturated carbocycles. The molecule has 0 atom stereocenters. The Morgan fingerprint density at radius 2 is 0.891 bits per heavy atom. The molecule has 0 saturated heterocycles. The van der Waals surface area contributed by atoms with Crippen molar-refractivity contribution < 1.29 is 0 Å². The van der Waals surface area contributed by atoms with E-state index >= 15 is 0 Å². The lowest BCUT2D eigenvalue weighted by Crippen LogP contribution is -1.96. The molecule has 0 aliphatic carbocycles. The molecule has 5 heterocycles. The SMILES string of the molecule is CCCCCCCCCCCc1c2nc(cc3ccc(cc4ccc([nH]4)c(CCCCCCCCCCC)c4nc1C=C4)[nH]3)C=C2. The predicted octanol–water partition coefficient (Wildman–Crippen LogP) is 12.8. The van der Waals surface area contributed by atoms with Gasteiger partial charge in [-0.05, 0) is 86.4 Å². The third-order valence-corrected chi connectivity index (χ3v) is 9.67. The predicted molar refractivity (Wildman–Crippen MR) is 201 cm³/mol. The third kappa shape index (κ3) is 10.3. The van der Waals surface area contributed by atoms with Crippen LogP contribution in [0.15, 0.2) is 36.4 Å². The number of nitrogens with one attached hydrogen (secondary N) is 2. The minimum absolute atomic E-state index is 0.992. The molecule has 0 fully saturated rings. The number of hydrogen-bond donors (Lipinski definition) is 2. The largest absolute Gasteiger partial charge is 0.355 e. The van der Waals surface area contributed by atoms with Gasteiger partial charge in [-0.15, -0.1) is 0 Å². The number of aromatic amines is 2. The average molecular weight is 619 g/mol. The summed E-state index contributed by atoms with van der Waals surface area (Å²) < 4.78 is 0. The van der Waals surface area contributed by atoms with E-state index in [-0.39, 0.29) is 0 Å². The lowest BCUT2D eigenvalue weighted by Gasteiger charge is -2.06. The highest BCUT2D eigenvalue weighted by Crippen LogP contribution is 2.27. The molecule has 2 aliphatic heterocycles. The van der Waals surface area contributed by atoms with Gasteiger partial charge < -0.3 is 9.97 Å². The monoisotopic (exact) mass is 618 g/mol. The molecule has 3 aromatic heterocycles. The summed E-state index contributed by atoms with van der Waals surface area (Å²) in [4.78, 5) is 17.7. The van der Waals surface area contributed by atoms with E-state index in [0.717, 1.165) is 52.2 Å². The first-order valence-corrected chi connectivity index (χ1v) is 18.8. The Kier molecular flexibility index (Phi) is 13.8. The van der Waals surface area contributed by atoms with Crippen molar-refractivity contribution in [2.45, 2.75) is 142 Å². The number of unbranched alkanes of at least 4 members (excludes halogenated alkanes) is 16. The van der Waals surface area contributed by atoms with E-state index in [1.807, 2.05) is 0 Å². The zero-order chi connectivity index (χ0) is 31.8. The molecule has 246 valence electrons. The number of hydrogen-bond acceptors (Lipinski definition) is 2. The van der Waals surface area contributed by atoms with E-state index in [4.69, 9.17) is 9.97 Å². The van der Waals surface area contributed by atoms with Gasteiger partial charge in [0.2, 0.25) is 0 Å². The van der Waals surface area contributed by atoms with Crippen molar-refractivity contribution in [2.24, 2.45) is 0 Å². The molecule has 4 heteroatoms. The van der Waals surface area contributed by atoms with E-state index in [9.17, 15) is 0 Å². The third-order valence-electron chi connectivity index (χ3n) is 9.67. The highest BCUT2D eigenvalue weighted by atomic mass is 14.8. The molecule has 2 aliphatic rings. The Hall–Kier alpha value is -3.40. The summed E-state index contributed by atoms with van der Waals surface area (Å²) in [6, 6.07) is 13.1. The minimum atomic E-state index is 0.992. The molecule has 0 spiro atoms. The van der Waals surface area contributed by atoms with E-state index in [0.29, 0.717) is 0 Å². The zero-order valence-corrected chi connectivity index (χ0v) is 28.8. The van der Waals surface area contributed by atoms with Crippen molar-refractivity contribution in [1.29, 1.82) is 0 Å². The minimum Gasteiger partial charge on any atom is -0.355 e. The van der Waals surface area contributed by atoms with Crippen LogP contribution >= 0.6 is 0 Å². The summed E-state index contributed by atoms with van der Waals surface area (Å²) >= 11 is 0. The molecule has 8 bridgehead atoms. The molecule has 0 unspecified atom stereocenters. The van der Waals surface area contributed by atoms with E-state index in [2.05, 4.69) is 84.5 Å². The second kappa shape index (κ2) is 18.7. The number of aromatic nitrogens is 4. The number of nitrogens with zero attached hydrogens (tertiary/aromatic N) is 2. The van der Waals surface area contributed by atoms with Crippen LogP contribution in [0.5, 0.6) is 0 Å². The van der Waals surface area contributed by atoms with Crippen LogP contribution in [-0.4, -0.2) is 19.9 Å². The maximum absolute atomic E-state index is 5.33. The standard InChI is InChI=1S/C42H58N4/c1-3-5-7-9-11-13-15-17-19-21-37-39-27-25-35(44-39)31-33-23-24-34(43-33)32-36-26-28-40(45-36)38(42-30-29-41(37)46-42)22-20-18-16-14-12-10-8-6-4-2/h23-32,43-44H,3-22H2,1-2H3. The van der Waals surface area contributed by atoms with Gasteiger partial charge in [0.25, 0.3) is 0 Å². The van der Waals surface area contributed by atoms with Crippen LogP contribution < -0.4 is 0 Å². The average Bonchev–Trinajstić information content (AvgIpc) is 3.89. The quantitative estimate of drug-likeness (QED) is 0.0853. The Bertz CT molecular complexity index is 1580. The van der Waals surface area contributed by atoms with Gasteiger partial charge in [0.05, 0.1) is 22.8 Å². The summed E-state index contributed by atoms with van der Waals surface area (Å²) in [7, 11) is 0. The topological polar surface area (TPSA) is 57.4 Å². The Balaban J connectivity index is 1.39. The molecule has 46 heavy (non-hydrogen) atoms. The zero-order valence-electron chi connectivity index (χ0n) is 28.8. The molecule has 0 amide bonds. The highest BCUT2D eigenvalue weighted by Gasteiger charge is 2.14. The van der Waals surface area contributed by atoms with Gasteiger partial charge in [-0.3, -0.25) is 0 Å². The van der Waals surface area contributed by atoms with Gasteiger partial charge in [0.1, 0.15) is 0 Å². The van der Waals surface area contributed by atoms with Crippen LogP contribution in [0.3, 0.4) is 0 Å². The van der Waals surface area contributed by atoms with Gasteiger partial charge in [-0.25, -0.2) is 9.97 Å². The van der Waals surface area contributed by atoms with Gasteiger partial charge in [0, 0.05) is 33.2 Å². The summed E-state index contributed by atoms with van der Waals surface area (Å²) in [5.41, 5.74) is 11.4. The number of fused-ring (bicyclic) bond motifs is 8. The molecule has 0 radical (unpaired) electrons. The summed E-state index contributed by atoms with van der Waals surface area (Å²) in [5, 5.41) is 0. The highest BCUT2D eigenvalue weighted by molar-refractivity contribution is 5.81. The van der Waals surface area contributed by atoms with Crippen molar-refractivity contribution in [3.8, 4) is 0 Å². The molecule has 3 aromatic rings. The Morgan fingerprint density at radius 3 is 1.52 bits per heavy atom. The lowest BCUT2D eigenvalue weighted by molar-refractivity contribution is 0.564. The van der Waals surface area contributed by atoms with Crippen molar-refractivity contribution in [2.75, 3.05) is 0 Å². The second-order valence-electron chi connectivity index (χ2n) is 13.6. The number of aryl methyl sites for hydroxylation is 1. The fourth-order valence-electron chi connectivity index (χ4n) is 6.93. The first-order chi connectivity index (χ1) is 22.7. The number of H-pyrrole nitrogens is 2. The summed E-state index contributed by atoms with van der Waals surface area (Å²) in [6.45, 7) is 4.58. The van der Waals surface area contributed by atoms with Crippen LogP contribution in [0.4, 0.5) is 0 Å². The maximum atomic E-state index is 5.33. The lowest BCUT2D eigenvalue weighted by atomic mass is 10.0. The van der Waals surface area contributed by atoms with Crippen LogP contribution in [-0.2, 0) is 12.8 Å². The van der Waals surface area contributed by atoms with Crippen molar-refractivity contribution in [3.05, 3.63) is 70.3 Å². The first-order valence-electron chi connectivity index (χ1n) is 18.8. The van der Waals surface area contributed by atoms with Crippen LogP contribution in [0.1, 0.15) is 163 Å². The van der Waals surface area contributed by atoms with Crippen molar-refractivity contribution in [1.82, 2.24) is 19.9 Å². The maximum Gasteiger partial charge on any atom is 0.0691 e. The van der Waals surface area contributed by atoms with Gasteiger partial charge >= 0.3 is 0 Å². The molecule has 4 nitrogen and oxygen atoms in total. The van der Waals surface area contributed by atoms with Crippen molar-refractivity contribution >= 4 is 46.4 Å². The molecule has 0 aromatic carbocycles. The van der Waals surface area contributed by atoms with Gasteiger partial charge in [-0.2, -0.15) is 0 Å².